The third-order valence-electron chi connectivity index (χ3n) is 4.61. The average Bonchev–Trinajstić information content (AvgIpc) is 3.11. The molecule has 1 heterocycles. The quantitative estimate of drug-likeness (QED) is 0.400. The van der Waals surface area contributed by atoms with Crippen molar-refractivity contribution < 1.29 is 33.4 Å². The zero-order valence-corrected chi connectivity index (χ0v) is 19.7. The molecular formula is C23H26N2O7S. The molecule has 0 saturated heterocycles. The Kier molecular flexibility index (Phi) is 9.29. The fraction of sp³-hybridized carbons (Fsp3) is 0.348. The van der Waals surface area contributed by atoms with E-state index in [4.69, 9.17) is 9.47 Å². The van der Waals surface area contributed by atoms with Gasteiger partial charge in [-0.3, -0.25) is 19.2 Å². The first-order valence-corrected chi connectivity index (χ1v) is 11.1. The molecule has 9 nitrogen and oxygen atoms in total. The summed E-state index contributed by atoms with van der Waals surface area (Å²) in [5.41, 5.74) is 1.97. The summed E-state index contributed by atoms with van der Waals surface area (Å²) in [6.07, 6.45) is -0.219. The molecule has 0 unspecified atom stereocenters. The number of benzene rings is 1. The van der Waals surface area contributed by atoms with E-state index in [1.165, 1.54) is 7.05 Å². The van der Waals surface area contributed by atoms with E-state index in [1.54, 1.807) is 26.0 Å². The lowest BCUT2D eigenvalue weighted by atomic mass is 10.1. The third kappa shape index (κ3) is 6.98. The Labute approximate surface area is 195 Å². The molecule has 2 rings (SSSR count). The number of nitrogens with one attached hydrogen (secondary N) is 2. The number of amides is 2. The second kappa shape index (κ2) is 11.9. The fourth-order valence-electron chi connectivity index (χ4n) is 2.86. The van der Waals surface area contributed by atoms with Gasteiger partial charge in [-0.2, -0.15) is 0 Å². The van der Waals surface area contributed by atoms with E-state index >= 15 is 0 Å². The van der Waals surface area contributed by atoms with Crippen molar-refractivity contribution in [3.8, 4) is 0 Å². The minimum Gasteiger partial charge on any atom is -0.462 e. The van der Waals surface area contributed by atoms with Crippen LogP contribution in [0.4, 0.5) is 5.00 Å². The zero-order chi connectivity index (χ0) is 24.5. The Hall–Kier alpha value is -3.53. The molecule has 176 valence electrons. The van der Waals surface area contributed by atoms with Crippen molar-refractivity contribution in [2.24, 2.45) is 0 Å². The van der Waals surface area contributed by atoms with Crippen LogP contribution in [0.1, 0.15) is 61.3 Å². The molecule has 0 bridgehead atoms. The van der Waals surface area contributed by atoms with Crippen molar-refractivity contribution in [3.05, 3.63) is 51.4 Å². The first kappa shape index (κ1) is 25.7. The minimum atomic E-state index is -0.704. The summed E-state index contributed by atoms with van der Waals surface area (Å²) in [4.78, 5) is 61.0. The molecule has 1 aromatic carbocycles. The molecule has 0 saturated carbocycles. The van der Waals surface area contributed by atoms with Crippen molar-refractivity contribution in [2.75, 3.05) is 25.6 Å². The number of hydrogen-bond acceptors (Lipinski definition) is 8. The van der Waals surface area contributed by atoms with E-state index in [0.717, 1.165) is 16.9 Å². The number of thiophene rings is 1. The number of carbonyl (C=O) groups excluding carboxylic acids is 5. The van der Waals surface area contributed by atoms with Gasteiger partial charge in [0.1, 0.15) is 5.00 Å². The van der Waals surface area contributed by atoms with Crippen LogP contribution in [0.3, 0.4) is 0 Å². The van der Waals surface area contributed by atoms with Crippen LogP contribution in [0.5, 0.6) is 0 Å². The van der Waals surface area contributed by atoms with Crippen molar-refractivity contribution in [2.45, 2.75) is 33.6 Å². The topological polar surface area (TPSA) is 128 Å². The Morgan fingerprint density at radius 3 is 2.24 bits per heavy atom. The summed E-state index contributed by atoms with van der Waals surface area (Å²) < 4.78 is 9.96. The standard InChI is InChI=1S/C23H26N2O7S/c1-5-31-23(30)19-14(3)20(21(29)24-4)33-22(19)25-17(27)12-32-18(28)11-10-16(26)15-8-6-13(2)7-9-15/h6-9H,5,10-12H2,1-4H3,(H,24,29)(H,25,27). The van der Waals surface area contributed by atoms with Gasteiger partial charge in [-0.1, -0.05) is 29.8 Å². The molecule has 1 aromatic heterocycles. The Morgan fingerprint density at radius 1 is 0.970 bits per heavy atom. The number of anilines is 1. The van der Waals surface area contributed by atoms with Crippen LogP contribution >= 0.6 is 11.3 Å². The maximum Gasteiger partial charge on any atom is 0.341 e. The molecule has 10 heteroatoms. The number of esters is 2. The highest BCUT2D eigenvalue weighted by molar-refractivity contribution is 7.18. The average molecular weight is 475 g/mol. The number of ketones is 1. The highest BCUT2D eigenvalue weighted by Gasteiger charge is 2.26. The predicted octanol–water partition coefficient (Wildman–Crippen LogP) is 3.05. The van der Waals surface area contributed by atoms with Crippen molar-refractivity contribution in [1.29, 1.82) is 0 Å². The SMILES string of the molecule is CCOC(=O)c1c(NC(=O)COC(=O)CCC(=O)c2ccc(C)cc2)sc(C(=O)NC)c1C. The van der Waals surface area contributed by atoms with E-state index in [-0.39, 0.29) is 40.7 Å². The zero-order valence-electron chi connectivity index (χ0n) is 18.9. The van der Waals surface area contributed by atoms with Gasteiger partial charge in [-0.25, -0.2) is 4.79 Å². The molecule has 0 spiro atoms. The summed E-state index contributed by atoms with van der Waals surface area (Å²) in [6.45, 7) is 4.64. The van der Waals surface area contributed by atoms with Gasteiger partial charge in [-0.15, -0.1) is 11.3 Å². The first-order valence-electron chi connectivity index (χ1n) is 10.3. The Morgan fingerprint density at radius 2 is 1.64 bits per heavy atom. The summed E-state index contributed by atoms with van der Waals surface area (Å²) in [7, 11) is 1.45. The smallest absolute Gasteiger partial charge is 0.341 e. The van der Waals surface area contributed by atoms with Crippen LogP contribution in [0.2, 0.25) is 0 Å². The number of hydrogen-bond donors (Lipinski definition) is 2. The van der Waals surface area contributed by atoms with Crippen LogP contribution in [0, 0.1) is 13.8 Å². The predicted molar refractivity (Wildman–Crippen MR) is 123 cm³/mol. The lowest BCUT2D eigenvalue weighted by molar-refractivity contribution is -0.147. The van der Waals surface area contributed by atoms with Crippen LogP contribution in [-0.4, -0.2) is 49.8 Å². The van der Waals surface area contributed by atoms with Crippen molar-refractivity contribution in [3.63, 3.8) is 0 Å². The maximum absolute atomic E-state index is 12.3. The molecule has 0 aliphatic heterocycles. The molecule has 2 N–H and O–H groups in total. The van der Waals surface area contributed by atoms with E-state index in [2.05, 4.69) is 10.6 Å². The molecule has 0 fully saturated rings. The largest absolute Gasteiger partial charge is 0.462 e. The Balaban J connectivity index is 1.96. The summed E-state index contributed by atoms with van der Waals surface area (Å²) >= 11 is 0.918. The molecule has 0 aliphatic rings. The van der Waals surface area contributed by atoms with Gasteiger partial charge >= 0.3 is 11.9 Å². The van der Waals surface area contributed by atoms with E-state index < -0.39 is 30.4 Å². The number of aryl methyl sites for hydroxylation is 1. The summed E-state index contributed by atoms with van der Waals surface area (Å²) in [5.74, 6) is -2.68. The monoisotopic (exact) mass is 474 g/mol. The van der Waals surface area contributed by atoms with Crippen LogP contribution < -0.4 is 10.6 Å². The van der Waals surface area contributed by atoms with Gasteiger partial charge in [0, 0.05) is 19.0 Å². The van der Waals surface area contributed by atoms with Gasteiger partial charge in [0.15, 0.2) is 12.4 Å². The van der Waals surface area contributed by atoms with Crippen molar-refractivity contribution in [1.82, 2.24) is 5.32 Å². The normalized spacial score (nSPS) is 10.3. The number of ether oxygens (including phenoxy) is 2. The molecule has 33 heavy (non-hydrogen) atoms. The Bertz CT molecular complexity index is 1060. The lowest BCUT2D eigenvalue weighted by Gasteiger charge is -2.08. The van der Waals surface area contributed by atoms with Gasteiger partial charge in [-0.05, 0) is 26.3 Å². The summed E-state index contributed by atoms with van der Waals surface area (Å²) in [5, 5.41) is 5.10. The first-order chi connectivity index (χ1) is 15.7. The van der Waals surface area contributed by atoms with Gasteiger partial charge in [0.2, 0.25) is 0 Å². The fourth-order valence-corrected chi connectivity index (χ4v) is 4.02. The number of carbonyl (C=O) groups is 5. The molecule has 2 amide bonds. The molecule has 2 aromatic rings. The van der Waals surface area contributed by atoms with Gasteiger partial charge < -0.3 is 20.1 Å². The molecular weight excluding hydrogens is 448 g/mol. The highest BCUT2D eigenvalue weighted by atomic mass is 32.1. The van der Waals surface area contributed by atoms with E-state index in [1.807, 2.05) is 19.1 Å². The summed E-state index contributed by atoms with van der Waals surface area (Å²) in [6, 6.07) is 6.99. The van der Waals surface area contributed by atoms with Crippen molar-refractivity contribution >= 4 is 45.9 Å². The van der Waals surface area contributed by atoms with E-state index in [0.29, 0.717) is 11.1 Å². The van der Waals surface area contributed by atoms with Gasteiger partial charge in [0.25, 0.3) is 11.8 Å². The van der Waals surface area contributed by atoms with Crippen LogP contribution in [0.15, 0.2) is 24.3 Å². The second-order valence-corrected chi connectivity index (χ2v) is 8.08. The number of Topliss-reactive ketones (excluding diaryl/α,β-unsaturated/α-hetero) is 1. The highest BCUT2D eigenvalue weighted by Crippen LogP contribution is 2.33. The van der Waals surface area contributed by atoms with Crippen LogP contribution in [-0.2, 0) is 19.1 Å². The van der Waals surface area contributed by atoms with E-state index in [9.17, 15) is 24.0 Å². The third-order valence-corrected chi connectivity index (χ3v) is 5.81. The molecule has 0 atom stereocenters. The minimum absolute atomic E-state index is 0.0455. The number of rotatable bonds is 10. The van der Waals surface area contributed by atoms with Gasteiger partial charge in [0.05, 0.1) is 23.5 Å². The maximum atomic E-state index is 12.3. The molecule has 0 aliphatic carbocycles. The lowest BCUT2D eigenvalue weighted by Crippen LogP contribution is -2.22. The molecule has 0 radical (unpaired) electrons. The van der Waals surface area contributed by atoms with Crippen LogP contribution in [0.25, 0.3) is 0 Å². The second-order valence-electron chi connectivity index (χ2n) is 7.06.